The van der Waals surface area contributed by atoms with Crippen LogP contribution < -0.4 is 5.32 Å². The lowest BCUT2D eigenvalue weighted by Gasteiger charge is -1.98. The topological polar surface area (TPSA) is 12.0 Å². The van der Waals surface area contributed by atoms with Crippen LogP contribution in [0.5, 0.6) is 0 Å². The third-order valence-electron chi connectivity index (χ3n) is 1.15. The number of halogens is 1. The molecule has 1 nitrogen and oxygen atoms in total. The van der Waals surface area contributed by atoms with Crippen LogP contribution in [0.15, 0.2) is 11.6 Å². The highest BCUT2D eigenvalue weighted by Gasteiger charge is 1.81. The van der Waals surface area contributed by atoms with Crippen molar-refractivity contribution in [1.29, 1.82) is 0 Å². The Morgan fingerprint density at radius 2 is 2.11 bits per heavy atom. The predicted octanol–water partition coefficient (Wildman–Crippen LogP) is 1.98. The van der Waals surface area contributed by atoms with Crippen LogP contribution >= 0.6 is 12.4 Å². The molecule has 0 aliphatic rings. The SMILES string of the molecule is CC=C(C)CNCC.Cl. The summed E-state index contributed by atoms with van der Waals surface area (Å²) in [6, 6.07) is 0. The second-order valence-corrected chi connectivity index (χ2v) is 1.92. The first kappa shape index (κ1) is 11.7. The minimum Gasteiger partial charge on any atom is -0.313 e. The Hall–Kier alpha value is -0.0100. The van der Waals surface area contributed by atoms with E-state index in [1.165, 1.54) is 5.57 Å². The predicted molar refractivity (Wildman–Crippen MR) is 45.2 cm³/mol. The van der Waals surface area contributed by atoms with Crippen molar-refractivity contribution >= 4 is 12.4 Å². The molecule has 0 atom stereocenters. The highest BCUT2D eigenvalue weighted by Crippen LogP contribution is 1.85. The second kappa shape index (κ2) is 7.99. The lowest BCUT2D eigenvalue weighted by Crippen LogP contribution is -2.14. The van der Waals surface area contributed by atoms with Crippen molar-refractivity contribution in [3.63, 3.8) is 0 Å². The quantitative estimate of drug-likeness (QED) is 0.606. The van der Waals surface area contributed by atoms with Crippen LogP contribution in [0.2, 0.25) is 0 Å². The van der Waals surface area contributed by atoms with Gasteiger partial charge in [0, 0.05) is 6.54 Å². The van der Waals surface area contributed by atoms with Crippen LogP contribution in [0.4, 0.5) is 0 Å². The molecule has 0 fully saturated rings. The fourth-order valence-electron chi connectivity index (χ4n) is 0.424. The molecular formula is C7H16ClN. The van der Waals surface area contributed by atoms with Gasteiger partial charge in [-0.15, -0.1) is 12.4 Å². The molecule has 0 bridgehead atoms. The summed E-state index contributed by atoms with van der Waals surface area (Å²) in [5.41, 5.74) is 1.41. The third-order valence-corrected chi connectivity index (χ3v) is 1.15. The molecule has 0 amide bonds. The van der Waals surface area contributed by atoms with Crippen LogP contribution in [-0.4, -0.2) is 13.1 Å². The standard InChI is InChI=1S/C7H15N.ClH/c1-4-7(3)6-8-5-2;/h4,8H,5-6H2,1-3H3;1H. The van der Waals surface area contributed by atoms with Crippen molar-refractivity contribution < 1.29 is 0 Å². The Balaban J connectivity index is 0. The number of likely N-dealkylation sites (N-methyl/N-ethyl adjacent to an activating group) is 1. The fourth-order valence-corrected chi connectivity index (χ4v) is 0.424. The van der Waals surface area contributed by atoms with Crippen molar-refractivity contribution in [2.75, 3.05) is 13.1 Å². The number of nitrogens with one attached hydrogen (secondary N) is 1. The number of hydrogen-bond acceptors (Lipinski definition) is 1. The molecule has 0 radical (unpaired) electrons. The van der Waals surface area contributed by atoms with Gasteiger partial charge in [0.15, 0.2) is 0 Å². The van der Waals surface area contributed by atoms with E-state index in [1.807, 2.05) is 0 Å². The third kappa shape index (κ3) is 7.99. The van der Waals surface area contributed by atoms with E-state index in [0.717, 1.165) is 13.1 Å². The molecule has 0 aromatic heterocycles. The van der Waals surface area contributed by atoms with E-state index < -0.39 is 0 Å². The van der Waals surface area contributed by atoms with Crippen LogP contribution in [0.1, 0.15) is 20.8 Å². The van der Waals surface area contributed by atoms with Gasteiger partial charge < -0.3 is 5.32 Å². The van der Waals surface area contributed by atoms with Crippen LogP contribution in [0, 0.1) is 0 Å². The molecule has 0 aliphatic carbocycles. The average molecular weight is 150 g/mol. The molecule has 1 N–H and O–H groups in total. The number of rotatable bonds is 3. The molecule has 0 aromatic carbocycles. The highest BCUT2D eigenvalue weighted by molar-refractivity contribution is 5.85. The van der Waals surface area contributed by atoms with Crippen LogP contribution in [-0.2, 0) is 0 Å². The van der Waals surface area contributed by atoms with Gasteiger partial charge in [0.2, 0.25) is 0 Å². The second-order valence-electron chi connectivity index (χ2n) is 1.92. The Kier molecular flexibility index (Phi) is 10.4. The van der Waals surface area contributed by atoms with Gasteiger partial charge >= 0.3 is 0 Å². The van der Waals surface area contributed by atoms with E-state index in [2.05, 4.69) is 32.2 Å². The number of allylic oxidation sites excluding steroid dienone is 1. The Labute approximate surface area is 63.9 Å². The van der Waals surface area contributed by atoms with Gasteiger partial charge in [0.25, 0.3) is 0 Å². The summed E-state index contributed by atoms with van der Waals surface area (Å²) in [6.45, 7) is 8.40. The van der Waals surface area contributed by atoms with E-state index >= 15 is 0 Å². The molecular weight excluding hydrogens is 134 g/mol. The zero-order valence-electron chi connectivity index (χ0n) is 6.40. The normalized spacial score (nSPS) is 10.8. The molecule has 0 saturated heterocycles. The summed E-state index contributed by atoms with van der Waals surface area (Å²) in [5.74, 6) is 0. The van der Waals surface area contributed by atoms with E-state index in [0.29, 0.717) is 0 Å². The van der Waals surface area contributed by atoms with Crippen molar-refractivity contribution in [3.05, 3.63) is 11.6 Å². The Morgan fingerprint density at radius 3 is 2.44 bits per heavy atom. The van der Waals surface area contributed by atoms with Gasteiger partial charge in [0.1, 0.15) is 0 Å². The molecule has 56 valence electrons. The van der Waals surface area contributed by atoms with Crippen molar-refractivity contribution in [2.45, 2.75) is 20.8 Å². The van der Waals surface area contributed by atoms with Gasteiger partial charge in [-0.25, -0.2) is 0 Å². The molecule has 0 aromatic rings. The van der Waals surface area contributed by atoms with E-state index in [4.69, 9.17) is 0 Å². The largest absolute Gasteiger partial charge is 0.313 e. The summed E-state index contributed by atoms with van der Waals surface area (Å²) in [7, 11) is 0. The summed E-state index contributed by atoms with van der Waals surface area (Å²) >= 11 is 0. The lowest BCUT2D eigenvalue weighted by molar-refractivity contribution is 0.775. The molecule has 0 saturated carbocycles. The Bertz CT molecular complexity index is 79.0. The van der Waals surface area contributed by atoms with Crippen molar-refractivity contribution in [2.24, 2.45) is 0 Å². The van der Waals surface area contributed by atoms with Gasteiger partial charge in [-0.2, -0.15) is 0 Å². The zero-order chi connectivity index (χ0) is 6.41. The minimum atomic E-state index is 0. The van der Waals surface area contributed by atoms with E-state index in [1.54, 1.807) is 0 Å². The van der Waals surface area contributed by atoms with Crippen molar-refractivity contribution in [3.8, 4) is 0 Å². The van der Waals surface area contributed by atoms with E-state index in [9.17, 15) is 0 Å². The lowest BCUT2D eigenvalue weighted by atomic mass is 10.3. The zero-order valence-corrected chi connectivity index (χ0v) is 7.22. The maximum atomic E-state index is 3.23. The minimum absolute atomic E-state index is 0. The summed E-state index contributed by atoms with van der Waals surface area (Å²) in [4.78, 5) is 0. The molecule has 0 rings (SSSR count). The highest BCUT2D eigenvalue weighted by atomic mass is 35.5. The molecule has 0 unspecified atom stereocenters. The van der Waals surface area contributed by atoms with Gasteiger partial charge in [0.05, 0.1) is 0 Å². The van der Waals surface area contributed by atoms with Gasteiger partial charge in [-0.1, -0.05) is 18.6 Å². The smallest absolute Gasteiger partial charge is 0.0161 e. The van der Waals surface area contributed by atoms with Crippen molar-refractivity contribution in [1.82, 2.24) is 5.32 Å². The van der Waals surface area contributed by atoms with Gasteiger partial charge in [-0.3, -0.25) is 0 Å². The summed E-state index contributed by atoms with van der Waals surface area (Å²) in [6.07, 6.45) is 2.13. The first-order chi connectivity index (χ1) is 3.81. The summed E-state index contributed by atoms with van der Waals surface area (Å²) in [5, 5.41) is 3.23. The molecule has 2 heteroatoms. The van der Waals surface area contributed by atoms with Gasteiger partial charge in [-0.05, 0) is 20.4 Å². The maximum absolute atomic E-state index is 3.23. The first-order valence-electron chi connectivity index (χ1n) is 3.13. The first-order valence-corrected chi connectivity index (χ1v) is 3.13. The maximum Gasteiger partial charge on any atom is 0.0161 e. The monoisotopic (exact) mass is 149 g/mol. The van der Waals surface area contributed by atoms with E-state index in [-0.39, 0.29) is 12.4 Å². The fraction of sp³-hybridized carbons (Fsp3) is 0.714. The molecule has 0 aliphatic heterocycles. The Morgan fingerprint density at radius 1 is 1.56 bits per heavy atom. The molecule has 9 heavy (non-hydrogen) atoms. The number of hydrogen-bond donors (Lipinski definition) is 1. The van der Waals surface area contributed by atoms with Crippen LogP contribution in [0.25, 0.3) is 0 Å². The summed E-state index contributed by atoms with van der Waals surface area (Å²) < 4.78 is 0. The molecule has 0 heterocycles. The average Bonchev–Trinajstić information content (AvgIpc) is 1.83. The molecule has 0 spiro atoms. The van der Waals surface area contributed by atoms with Crippen LogP contribution in [0.3, 0.4) is 0 Å².